The molecule has 0 N–H and O–H groups in total. The van der Waals surface area contributed by atoms with Crippen LogP contribution in [0.4, 0.5) is 0 Å². The van der Waals surface area contributed by atoms with Gasteiger partial charge in [0, 0.05) is 5.75 Å². The Bertz CT molecular complexity index is 247. The molecule has 0 amide bonds. The molecule has 13 heavy (non-hydrogen) atoms. The van der Waals surface area contributed by atoms with Gasteiger partial charge >= 0.3 is 0 Å². The van der Waals surface area contributed by atoms with E-state index in [1.807, 2.05) is 0 Å². The molecular weight excluding hydrogens is 220 g/mol. The second kappa shape index (κ2) is 5.88. The summed E-state index contributed by atoms with van der Waals surface area (Å²) in [5.74, 6) is 2.92. The highest BCUT2D eigenvalue weighted by molar-refractivity contribution is 8.03. The minimum atomic E-state index is 0.719. The van der Waals surface area contributed by atoms with Crippen LogP contribution in [0.2, 0.25) is 0 Å². The maximum atomic E-state index is 4.12. The van der Waals surface area contributed by atoms with Gasteiger partial charge in [0.1, 0.15) is 0 Å². The van der Waals surface area contributed by atoms with E-state index >= 15 is 0 Å². The molecule has 0 bridgehead atoms. The van der Waals surface area contributed by atoms with Crippen molar-refractivity contribution >= 4 is 34.9 Å². The highest BCUT2D eigenvalue weighted by Crippen LogP contribution is 2.29. The average molecular weight is 234 g/mol. The molecule has 1 heterocycles. The summed E-state index contributed by atoms with van der Waals surface area (Å²) < 4.78 is 2.19. The Balaban J connectivity index is 2.39. The topological polar surface area (TPSA) is 25.8 Å². The molecule has 0 saturated carbocycles. The number of aromatic nitrogens is 2. The predicted molar refractivity (Wildman–Crippen MR) is 61.9 cm³/mol. The van der Waals surface area contributed by atoms with Crippen LogP contribution in [-0.4, -0.2) is 21.7 Å². The van der Waals surface area contributed by atoms with Gasteiger partial charge in [0.2, 0.25) is 0 Å². The fraction of sp³-hybridized carbons (Fsp3) is 0.750. The van der Waals surface area contributed by atoms with Gasteiger partial charge in [0.15, 0.2) is 8.68 Å². The van der Waals surface area contributed by atoms with Gasteiger partial charge in [-0.1, -0.05) is 55.6 Å². The lowest BCUT2D eigenvalue weighted by atomic mass is 10.3. The first-order valence-corrected chi connectivity index (χ1v) is 7.10. The van der Waals surface area contributed by atoms with Gasteiger partial charge in [-0.2, -0.15) is 0 Å². The lowest BCUT2D eigenvalue weighted by molar-refractivity contribution is 0.749. The highest BCUT2D eigenvalue weighted by Gasteiger charge is 2.04. The standard InChI is InChI=1S/C8H14N2S3/c1-4-11-7-9-10-8(13-7)12-5-6(2)3/h6H,4-5H2,1-3H3. The summed E-state index contributed by atoms with van der Waals surface area (Å²) in [7, 11) is 0. The molecule has 1 rings (SSSR count). The smallest absolute Gasteiger partial charge is 0.131 e. The maximum absolute atomic E-state index is 4.12. The van der Waals surface area contributed by atoms with E-state index in [1.54, 1.807) is 34.9 Å². The Morgan fingerprint density at radius 3 is 2.38 bits per heavy atom. The van der Waals surface area contributed by atoms with E-state index < -0.39 is 0 Å². The second-order valence-corrected chi connectivity index (χ2v) is 6.73. The zero-order valence-corrected chi connectivity index (χ0v) is 10.6. The SMILES string of the molecule is CCSc1nnc(SCC(C)C)s1. The fourth-order valence-electron chi connectivity index (χ4n) is 0.675. The van der Waals surface area contributed by atoms with Crippen LogP contribution in [0.5, 0.6) is 0 Å². The molecule has 0 atom stereocenters. The normalized spacial score (nSPS) is 11.1. The summed E-state index contributed by atoms with van der Waals surface area (Å²) in [6.07, 6.45) is 0. The summed E-state index contributed by atoms with van der Waals surface area (Å²) >= 11 is 5.27. The zero-order chi connectivity index (χ0) is 9.68. The Labute approximate surface area is 91.9 Å². The second-order valence-electron chi connectivity index (χ2n) is 2.97. The summed E-state index contributed by atoms with van der Waals surface area (Å²) in [4.78, 5) is 0. The van der Waals surface area contributed by atoms with Crippen LogP contribution < -0.4 is 0 Å². The largest absolute Gasteiger partial charge is 0.175 e. The molecule has 0 aliphatic carbocycles. The number of nitrogens with zero attached hydrogens (tertiary/aromatic N) is 2. The maximum Gasteiger partial charge on any atom is 0.175 e. The van der Waals surface area contributed by atoms with Crippen LogP contribution in [0.3, 0.4) is 0 Å². The Kier molecular flexibility index (Phi) is 5.13. The van der Waals surface area contributed by atoms with Crippen molar-refractivity contribution in [3.63, 3.8) is 0 Å². The molecule has 5 heteroatoms. The fourth-order valence-corrected chi connectivity index (χ4v) is 3.57. The molecule has 0 spiro atoms. The summed E-state index contributed by atoms with van der Waals surface area (Å²) in [6, 6.07) is 0. The van der Waals surface area contributed by atoms with Gasteiger partial charge in [-0.25, -0.2) is 0 Å². The molecule has 0 unspecified atom stereocenters. The van der Waals surface area contributed by atoms with Gasteiger partial charge in [0.05, 0.1) is 0 Å². The lowest BCUT2D eigenvalue weighted by Crippen LogP contribution is -1.89. The van der Waals surface area contributed by atoms with E-state index in [-0.39, 0.29) is 0 Å². The molecule has 2 nitrogen and oxygen atoms in total. The van der Waals surface area contributed by atoms with E-state index in [2.05, 4.69) is 31.0 Å². The molecule has 0 saturated heterocycles. The summed E-state index contributed by atoms with van der Waals surface area (Å²) in [5.41, 5.74) is 0. The highest BCUT2D eigenvalue weighted by atomic mass is 32.2. The predicted octanol–water partition coefficient (Wildman–Crippen LogP) is 3.40. The van der Waals surface area contributed by atoms with Crippen molar-refractivity contribution < 1.29 is 0 Å². The van der Waals surface area contributed by atoms with Gasteiger partial charge in [-0.05, 0) is 11.7 Å². The van der Waals surface area contributed by atoms with Crippen molar-refractivity contribution in [2.75, 3.05) is 11.5 Å². The third-order valence-corrected chi connectivity index (χ3v) is 4.69. The molecule has 0 aliphatic heterocycles. The van der Waals surface area contributed by atoms with Crippen molar-refractivity contribution in [2.45, 2.75) is 29.5 Å². The van der Waals surface area contributed by atoms with Gasteiger partial charge in [-0.15, -0.1) is 10.2 Å². The minimum Gasteiger partial charge on any atom is -0.131 e. The number of hydrogen-bond acceptors (Lipinski definition) is 5. The number of thioether (sulfide) groups is 2. The monoisotopic (exact) mass is 234 g/mol. The lowest BCUT2D eigenvalue weighted by Gasteiger charge is -1.98. The van der Waals surface area contributed by atoms with Crippen LogP contribution >= 0.6 is 34.9 Å². The van der Waals surface area contributed by atoms with Gasteiger partial charge < -0.3 is 0 Å². The van der Waals surface area contributed by atoms with E-state index in [0.29, 0.717) is 0 Å². The summed E-state index contributed by atoms with van der Waals surface area (Å²) in [5, 5.41) is 8.21. The van der Waals surface area contributed by atoms with Gasteiger partial charge in [-0.3, -0.25) is 0 Å². The van der Waals surface area contributed by atoms with E-state index in [1.165, 1.54) is 0 Å². The van der Waals surface area contributed by atoms with Crippen molar-refractivity contribution in [2.24, 2.45) is 5.92 Å². The zero-order valence-electron chi connectivity index (χ0n) is 8.11. The van der Waals surface area contributed by atoms with Crippen molar-refractivity contribution in [3.05, 3.63) is 0 Å². The first-order valence-electron chi connectivity index (χ1n) is 4.31. The van der Waals surface area contributed by atoms with Crippen molar-refractivity contribution in [3.8, 4) is 0 Å². The third kappa shape index (κ3) is 4.33. The summed E-state index contributed by atoms with van der Waals surface area (Å²) in [6.45, 7) is 6.57. The molecular formula is C8H14N2S3. The van der Waals surface area contributed by atoms with Crippen molar-refractivity contribution in [1.29, 1.82) is 0 Å². The Morgan fingerprint density at radius 1 is 1.23 bits per heavy atom. The van der Waals surface area contributed by atoms with E-state index in [4.69, 9.17) is 0 Å². The van der Waals surface area contributed by atoms with Gasteiger partial charge in [0.25, 0.3) is 0 Å². The molecule has 74 valence electrons. The molecule has 0 aliphatic rings. The van der Waals surface area contributed by atoms with Crippen molar-refractivity contribution in [1.82, 2.24) is 10.2 Å². The van der Waals surface area contributed by atoms with Crippen LogP contribution in [-0.2, 0) is 0 Å². The van der Waals surface area contributed by atoms with E-state index in [0.717, 1.165) is 26.1 Å². The minimum absolute atomic E-state index is 0.719. The van der Waals surface area contributed by atoms with Crippen LogP contribution in [0.25, 0.3) is 0 Å². The first-order chi connectivity index (χ1) is 6.22. The number of hydrogen-bond donors (Lipinski definition) is 0. The third-order valence-electron chi connectivity index (χ3n) is 1.20. The molecule has 0 radical (unpaired) electrons. The molecule has 0 aromatic carbocycles. The quantitative estimate of drug-likeness (QED) is 0.729. The first kappa shape index (κ1) is 11.3. The molecule has 0 fully saturated rings. The average Bonchev–Trinajstić information content (AvgIpc) is 2.50. The van der Waals surface area contributed by atoms with Crippen LogP contribution in [0.15, 0.2) is 8.68 Å². The Morgan fingerprint density at radius 2 is 1.85 bits per heavy atom. The van der Waals surface area contributed by atoms with Crippen LogP contribution in [0.1, 0.15) is 20.8 Å². The number of rotatable bonds is 5. The molecule has 1 aromatic heterocycles. The van der Waals surface area contributed by atoms with E-state index in [9.17, 15) is 0 Å². The van der Waals surface area contributed by atoms with Crippen LogP contribution in [0, 0.1) is 5.92 Å². The Hall–Kier alpha value is 0.260. The molecule has 1 aromatic rings.